The fourth-order valence-electron chi connectivity index (χ4n) is 5.47. The lowest BCUT2D eigenvalue weighted by atomic mass is 9.81. The van der Waals surface area contributed by atoms with Gasteiger partial charge in [-0.15, -0.1) is 11.3 Å². The first-order chi connectivity index (χ1) is 17.7. The maximum atomic E-state index is 13.8. The minimum atomic E-state index is -4.62. The number of rotatable bonds is 6. The maximum Gasteiger partial charge on any atom is 0.449 e. The van der Waals surface area contributed by atoms with Gasteiger partial charge in [0.25, 0.3) is 0 Å². The average Bonchev–Trinajstić information content (AvgIpc) is 3.45. The van der Waals surface area contributed by atoms with Gasteiger partial charge in [-0.3, -0.25) is 0 Å². The number of fused-ring (bicyclic) bond motifs is 2. The molecule has 1 fully saturated rings. The Hall–Kier alpha value is -3.58. The molecule has 1 aliphatic carbocycles. The van der Waals surface area contributed by atoms with Crippen LogP contribution in [0, 0.1) is 23.2 Å². The normalized spacial score (nSPS) is 18.2. The zero-order valence-electron chi connectivity index (χ0n) is 19.9. The summed E-state index contributed by atoms with van der Waals surface area (Å²) in [6.07, 6.45) is -2.58. The molecule has 0 radical (unpaired) electrons. The van der Waals surface area contributed by atoms with Crippen molar-refractivity contribution in [3.05, 3.63) is 64.8 Å². The Balaban J connectivity index is 1.34. The molecule has 5 rings (SSSR count). The van der Waals surface area contributed by atoms with Crippen molar-refractivity contribution in [2.24, 2.45) is 11.8 Å². The highest BCUT2D eigenvalue weighted by Gasteiger charge is 2.38. The number of benzene rings is 2. The molecule has 37 heavy (non-hydrogen) atoms. The van der Waals surface area contributed by atoms with E-state index in [2.05, 4.69) is 4.98 Å². The minimum Gasteiger partial charge on any atom is -0.465 e. The van der Waals surface area contributed by atoms with E-state index in [1.54, 1.807) is 11.3 Å². The molecule has 0 spiro atoms. The molecular weight excluding hydrogens is 501 g/mol. The maximum absolute atomic E-state index is 13.8. The Morgan fingerprint density at radius 1 is 1.22 bits per heavy atom. The third-order valence-electron chi connectivity index (χ3n) is 7.13. The number of thiophene rings is 1. The van der Waals surface area contributed by atoms with Crippen LogP contribution in [-0.4, -0.2) is 32.2 Å². The highest BCUT2D eigenvalue weighted by atomic mass is 32.1. The van der Waals surface area contributed by atoms with Gasteiger partial charge in [-0.2, -0.15) is 18.4 Å². The largest absolute Gasteiger partial charge is 0.465 e. The number of nitrogens with zero attached hydrogens (tertiary/aromatic N) is 4. The Morgan fingerprint density at radius 3 is 2.76 bits per heavy atom. The molecule has 1 aliphatic rings. The number of carbonyl (C=O) groups is 1. The summed E-state index contributed by atoms with van der Waals surface area (Å²) in [5.41, 5.74) is 1.74. The van der Waals surface area contributed by atoms with Crippen LogP contribution in [0.2, 0.25) is 0 Å². The van der Waals surface area contributed by atoms with Crippen molar-refractivity contribution in [1.82, 2.24) is 14.5 Å². The van der Waals surface area contributed by atoms with Gasteiger partial charge in [0.1, 0.15) is 0 Å². The molecule has 2 unspecified atom stereocenters. The predicted molar refractivity (Wildman–Crippen MR) is 135 cm³/mol. The third kappa shape index (κ3) is 5.27. The highest BCUT2D eigenvalue weighted by Crippen LogP contribution is 2.36. The van der Waals surface area contributed by atoms with E-state index in [1.807, 2.05) is 35.7 Å². The van der Waals surface area contributed by atoms with E-state index in [1.165, 1.54) is 27.7 Å². The van der Waals surface area contributed by atoms with Crippen molar-refractivity contribution in [2.75, 3.05) is 6.54 Å². The number of hydrogen-bond donors (Lipinski definition) is 1. The number of nitriles is 1. The zero-order valence-corrected chi connectivity index (χ0v) is 20.7. The first kappa shape index (κ1) is 25.1. The van der Waals surface area contributed by atoms with Crippen molar-refractivity contribution < 1.29 is 23.1 Å². The van der Waals surface area contributed by atoms with Gasteiger partial charge in [-0.25, -0.2) is 9.78 Å². The molecule has 2 atom stereocenters. The second kappa shape index (κ2) is 10.1. The number of carboxylic acid groups (broad SMARTS) is 1. The Morgan fingerprint density at radius 2 is 2.00 bits per heavy atom. The van der Waals surface area contributed by atoms with Gasteiger partial charge in [0, 0.05) is 17.8 Å². The summed E-state index contributed by atoms with van der Waals surface area (Å²) in [5, 5.41) is 22.2. The van der Waals surface area contributed by atoms with E-state index in [9.17, 15) is 28.3 Å². The van der Waals surface area contributed by atoms with Gasteiger partial charge in [-0.05, 0) is 71.7 Å². The molecule has 10 heteroatoms. The lowest BCUT2D eigenvalue weighted by Crippen LogP contribution is -2.36. The fraction of sp³-hybridized carbons (Fsp3) is 0.370. The van der Waals surface area contributed by atoms with Crippen LogP contribution in [-0.2, 0) is 19.3 Å². The van der Waals surface area contributed by atoms with Gasteiger partial charge < -0.3 is 14.6 Å². The molecule has 0 saturated heterocycles. The predicted octanol–water partition coefficient (Wildman–Crippen LogP) is 7.13. The summed E-state index contributed by atoms with van der Waals surface area (Å²) in [5.74, 6) is -0.963. The average molecular weight is 527 g/mol. The lowest BCUT2D eigenvalue weighted by Gasteiger charge is -2.33. The van der Waals surface area contributed by atoms with Crippen LogP contribution < -0.4 is 0 Å². The van der Waals surface area contributed by atoms with Crippen LogP contribution in [0.5, 0.6) is 0 Å². The van der Waals surface area contributed by atoms with E-state index in [4.69, 9.17) is 0 Å². The number of alkyl halides is 3. The van der Waals surface area contributed by atoms with E-state index in [0.29, 0.717) is 18.5 Å². The molecule has 6 nitrogen and oxygen atoms in total. The van der Waals surface area contributed by atoms with Crippen LogP contribution in [0.4, 0.5) is 18.0 Å². The number of hydrogen-bond acceptors (Lipinski definition) is 4. The van der Waals surface area contributed by atoms with Gasteiger partial charge in [0.15, 0.2) is 0 Å². The van der Waals surface area contributed by atoms with Crippen LogP contribution in [0.25, 0.3) is 21.1 Å². The first-order valence-corrected chi connectivity index (χ1v) is 13.0. The molecular formula is C27H25F3N4O2S. The van der Waals surface area contributed by atoms with E-state index >= 15 is 0 Å². The third-order valence-corrected chi connectivity index (χ3v) is 8.15. The monoisotopic (exact) mass is 526 g/mol. The van der Waals surface area contributed by atoms with Gasteiger partial charge in [-0.1, -0.05) is 24.6 Å². The van der Waals surface area contributed by atoms with E-state index < -0.39 is 18.1 Å². The van der Waals surface area contributed by atoms with E-state index in [-0.39, 0.29) is 36.0 Å². The van der Waals surface area contributed by atoms with Crippen LogP contribution in [0.1, 0.15) is 42.6 Å². The Bertz CT molecular complexity index is 1490. The lowest BCUT2D eigenvalue weighted by molar-refractivity contribution is -0.147. The first-order valence-electron chi connectivity index (χ1n) is 12.1. The zero-order chi connectivity index (χ0) is 26.2. The standard InChI is InChI=1S/C27H25F3N4O2S/c28-27(29,30)25-32-22-9-8-17(12-31)11-23(22)34(25)14-19-5-3-4-18(10-19)13-33(26(35)36)15-20-16-37-24-7-2-1-6-21(20)24/h1-2,6-9,11,16,18-19H,3-5,10,13-15H2,(H,35,36). The quantitative estimate of drug-likeness (QED) is 0.290. The topological polar surface area (TPSA) is 82.2 Å². The summed E-state index contributed by atoms with van der Waals surface area (Å²) in [4.78, 5) is 17.4. The Kier molecular flexibility index (Phi) is 6.82. The van der Waals surface area contributed by atoms with Gasteiger partial charge >= 0.3 is 12.3 Å². The molecule has 192 valence electrons. The van der Waals surface area contributed by atoms with Crippen LogP contribution in [0.3, 0.4) is 0 Å². The number of aromatic nitrogens is 2. The number of imidazole rings is 1. The molecule has 1 N–H and O–H groups in total. The molecule has 0 aliphatic heterocycles. The molecule has 2 heterocycles. The van der Waals surface area contributed by atoms with Gasteiger partial charge in [0.2, 0.25) is 5.82 Å². The second-order valence-corrected chi connectivity index (χ2v) is 10.6. The van der Waals surface area contributed by atoms with Crippen LogP contribution in [0.15, 0.2) is 47.8 Å². The number of amides is 1. The summed E-state index contributed by atoms with van der Waals surface area (Å²) in [6.45, 7) is 0.742. The minimum absolute atomic E-state index is 0.0542. The van der Waals surface area contributed by atoms with Crippen molar-refractivity contribution in [3.8, 4) is 6.07 Å². The fourth-order valence-corrected chi connectivity index (χ4v) is 6.42. The van der Waals surface area contributed by atoms with Crippen LogP contribution >= 0.6 is 11.3 Å². The van der Waals surface area contributed by atoms with Crippen molar-refractivity contribution in [3.63, 3.8) is 0 Å². The van der Waals surface area contributed by atoms with Crippen molar-refractivity contribution in [1.29, 1.82) is 5.26 Å². The molecule has 0 bridgehead atoms. The van der Waals surface area contributed by atoms with E-state index in [0.717, 1.165) is 34.9 Å². The number of halogens is 3. The molecule has 4 aromatic rings. The second-order valence-electron chi connectivity index (χ2n) is 9.68. The molecule has 1 saturated carbocycles. The Labute approximate surface area is 215 Å². The highest BCUT2D eigenvalue weighted by molar-refractivity contribution is 7.17. The SMILES string of the molecule is N#Cc1ccc2nc(C(F)(F)F)n(CC3CCCC(CN(Cc4csc5ccccc45)C(=O)O)C3)c2c1. The smallest absolute Gasteiger partial charge is 0.449 e. The van der Waals surface area contributed by atoms with Crippen molar-refractivity contribution in [2.45, 2.75) is 44.9 Å². The summed E-state index contributed by atoms with van der Waals surface area (Å²) < 4.78 is 43.8. The molecule has 1 amide bonds. The molecule has 2 aromatic carbocycles. The summed E-state index contributed by atoms with van der Waals surface area (Å²) >= 11 is 1.58. The summed E-state index contributed by atoms with van der Waals surface area (Å²) in [7, 11) is 0. The summed E-state index contributed by atoms with van der Waals surface area (Å²) in [6, 6.07) is 14.2. The van der Waals surface area contributed by atoms with Gasteiger partial charge in [0.05, 0.1) is 29.2 Å². The molecule has 2 aromatic heterocycles. The van der Waals surface area contributed by atoms with Crippen molar-refractivity contribution >= 4 is 38.5 Å².